The molecule has 0 bridgehead atoms. The maximum absolute atomic E-state index is 6.35. The van der Waals surface area contributed by atoms with Gasteiger partial charge < -0.3 is 8.83 Å². The molecule has 0 aliphatic carbocycles. The number of para-hydroxylation sites is 4. The van der Waals surface area contributed by atoms with E-state index in [1.807, 2.05) is 48.5 Å². The van der Waals surface area contributed by atoms with Gasteiger partial charge in [0.15, 0.2) is 11.6 Å². The summed E-state index contributed by atoms with van der Waals surface area (Å²) in [6.07, 6.45) is 0. The molecule has 6 nitrogen and oxygen atoms in total. The molecule has 0 aliphatic heterocycles. The molecule has 0 atom stereocenters. The molecule has 0 radical (unpaired) electrons. The van der Waals surface area contributed by atoms with Crippen LogP contribution in [0, 0.1) is 0 Å². The summed E-state index contributed by atoms with van der Waals surface area (Å²) in [5.74, 6) is 1.71. The summed E-state index contributed by atoms with van der Waals surface area (Å²) >= 11 is 0. The lowest BCUT2D eigenvalue weighted by Crippen LogP contribution is -2.06. The van der Waals surface area contributed by atoms with Gasteiger partial charge >= 0.3 is 0 Å². The molecule has 49 heavy (non-hydrogen) atoms. The molecule has 11 rings (SSSR count). The van der Waals surface area contributed by atoms with Gasteiger partial charge in [0.1, 0.15) is 22.3 Å². The lowest BCUT2D eigenvalue weighted by Gasteiger charge is -2.12. The average Bonchev–Trinajstić information content (AvgIpc) is 3.84. The van der Waals surface area contributed by atoms with E-state index in [4.69, 9.17) is 23.8 Å². The van der Waals surface area contributed by atoms with E-state index in [-0.39, 0.29) is 0 Å². The zero-order valence-corrected chi connectivity index (χ0v) is 26.0. The van der Waals surface area contributed by atoms with Crippen LogP contribution >= 0.6 is 0 Å². The van der Waals surface area contributed by atoms with Crippen molar-refractivity contribution in [3.63, 3.8) is 0 Å². The molecule has 0 aliphatic rings. The molecule has 0 unspecified atom stereocenters. The van der Waals surface area contributed by atoms with Crippen LogP contribution in [0.15, 0.2) is 154 Å². The zero-order chi connectivity index (χ0) is 32.1. The fraction of sp³-hybridized carbons (Fsp3) is 0. The number of fused-ring (bicyclic) bond motifs is 11. The molecule has 7 aromatic carbocycles. The van der Waals surface area contributed by atoms with Crippen LogP contribution in [0.3, 0.4) is 0 Å². The highest BCUT2D eigenvalue weighted by molar-refractivity contribution is 6.16. The minimum atomic E-state index is 0.551. The summed E-state index contributed by atoms with van der Waals surface area (Å²) < 4.78 is 14.8. The predicted octanol–water partition coefficient (Wildman–Crippen LogP) is 11.3. The fourth-order valence-electron chi connectivity index (χ4n) is 7.46. The molecular formula is C43H24N4O2. The number of aromatic nitrogens is 4. The van der Waals surface area contributed by atoms with E-state index in [1.54, 1.807) is 0 Å². The Bertz CT molecular complexity index is 3080. The van der Waals surface area contributed by atoms with Crippen LogP contribution in [0.25, 0.3) is 105 Å². The number of rotatable bonds is 3. The Balaban J connectivity index is 1.20. The van der Waals surface area contributed by atoms with Crippen molar-refractivity contribution in [2.75, 3.05) is 0 Å². The van der Waals surface area contributed by atoms with Gasteiger partial charge in [-0.15, -0.1) is 0 Å². The van der Waals surface area contributed by atoms with E-state index in [1.165, 1.54) is 0 Å². The van der Waals surface area contributed by atoms with Crippen molar-refractivity contribution in [3.05, 3.63) is 146 Å². The molecule has 0 amide bonds. The first-order valence-electron chi connectivity index (χ1n) is 16.3. The van der Waals surface area contributed by atoms with Crippen LogP contribution in [0.5, 0.6) is 0 Å². The molecule has 4 heterocycles. The van der Waals surface area contributed by atoms with Crippen molar-refractivity contribution >= 4 is 76.5 Å². The van der Waals surface area contributed by atoms with Crippen molar-refractivity contribution in [2.45, 2.75) is 0 Å². The molecule has 0 saturated carbocycles. The normalized spacial score (nSPS) is 12.1. The van der Waals surface area contributed by atoms with Gasteiger partial charge in [-0.1, -0.05) is 97.1 Å². The van der Waals surface area contributed by atoms with Crippen LogP contribution in [0.2, 0.25) is 0 Å². The Kier molecular flexibility index (Phi) is 5.29. The average molecular weight is 629 g/mol. The van der Waals surface area contributed by atoms with Crippen LogP contribution in [-0.2, 0) is 0 Å². The van der Waals surface area contributed by atoms with Crippen molar-refractivity contribution in [2.24, 2.45) is 0 Å². The topological polar surface area (TPSA) is 69.9 Å². The first-order valence-corrected chi connectivity index (χ1v) is 16.3. The third kappa shape index (κ3) is 3.79. The molecular weight excluding hydrogens is 604 g/mol. The molecule has 6 heteroatoms. The highest BCUT2D eigenvalue weighted by atomic mass is 16.3. The summed E-state index contributed by atoms with van der Waals surface area (Å²) in [5.41, 5.74) is 7.22. The molecule has 4 aromatic heterocycles. The van der Waals surface area contributed by atoms with Crippen LogP contribution in [0.4, 0.5) is 0 Å². The SMILES string of the molecule is c1ccc2c(c1)oc1c3ccc(-c4nc(-c5cccc6oc7ccccc7c56)nc(-n5c6ccccc6c6ccccc65)n4)cc3ccc21. The molecule has 0 fully saturated rings. The number of hydrogen-bond acceptors (Lipinski definition) is 5. The first-order chi connectivity index (χ1) is 24.3. The summed E-state index contributed by atoms with van der Waals surface area (Å²) in [5, 5.41) is 8.60. The Morgan fingerprint density at radius 1 is 0.429 bits per heavy atom. The highest BCUT2D eigenvalue weighted by Crippen LogP contribution is 2.39. The first kappa shape index (κ1) is 26.3. The van der Waals surface area contributed by atoms with Crippen molar-refractivity contribution in [3.8, 4) is 28.7 Å². The smallest absolute Gasteiger partial charge is 0.238 e. The second-order valence-electron chi connectivity index (χ2n) is 12.4. The highest BCUT2D eigenvalue weighted by Gasteiger charge is 2.20. The summed E-state index contributed by atoms with van der Waals surface area (Å²) in [6, 6.07) is 49.8. The maximum Gasteiger partial charge on any atom is 0.238 e. The molecule has 0 saturated heterocycles. The van der Waals surface area contributed by atoms with Crippen molar-refractivity contribution in [1.29, 1.82) is 0 Å². The predicted molar refractivity (Wildman–Crippen MR) is 197 cm³/mol. The van der Waals surface area contributed by atoms with Gasteiger partial charge in [0, 0.05) is 48.8 Å². The maximum atomic E-state index is 6.35. The van der Waals surface area contributed by atoms with E-state index < -0.39 is 0 Å². The summed E-state index contributed by atoms with van der Waals surface area (Å²) in [7, 11) is 0. The van der Waals surface area contributed by atoms with E-state index in [0.717, 1.165) is 87.6 Å². The molecule has 11 aromatic rings. The van der Waals surface area contributed by atoms with Crippen molar-refractivity contribution in [1.82, 2.24) is 19.5 Å². The Morgan fingerprint density at radius 3 is 1.86 bits per heavy atom. The van der Waals surface area contributed by atoms with Gasteiger partial charge in [-0.25, -0.2) is 4.98 Å². The molecule has 228 valence electrons. The fourth-order valence-corrected chi connectivity index (χ4v) is 7.46. The van der Waals surface area contributed by atoms with E-state index in [0.29, 0.717) is 17.6 Å². The standard InChI is InChI=1S/C43H24N4O2/c1-5-15-34-28(10-1)29-11-2-6-16-35(29)47(34)43-45-41(44-42(46-43)33-14-9-19-38-39(33)32-13-4-8-18-37(32)48-38)26-21-22-27-25(24-26)20-23-31-30-12-3-7-17-36(30)49-40(27)31/h1-24H. The summed E-state index contributed by atoms with van der Waals surface area (Å²) in [4.78, 5) is 15.6. The van der Waals surface area contributed by atoms with Gasteiger partial charge in [0.2, 0.25) is 5.95 Å². The number of furan rings is 2. The largest absolute Gasteiger partial charge is 0.456 e. The second kappa shape index (κ2) is 9.86. The van der Waals surface area contributed by atoms with Gasteiger partial charge in [-0.3, -0.25) is 4.57 Å². The lowest BCUT2D eigenvalue weighted by atomic mass is 10.0. The number of benzene rings is 7. The van der Waals surface area contributed by atoms with Crippen LogP contribution < -0.4 is 0 Å². The van der Waals surface area contributed by atoms with Crippen molar-refractivity contribution < 1.29 is 8.83 Å². The third-order valence-electron chi connectivity index (χ3n) is 9.66. The Morgan fingerprint density at radius 2 is 1.06 bits per heavy atom. The summed E-state index contributed by atoms with van der Waals surface area (Å²) in [6.45, 7) is 0. The van der Waals surface area contributed by atoms with E-state index in [9.17, 15) is 0 Å². The minimum absolute atomic E-state index is 0.551. The quantitative estimate of drug-likeness (QED) is 0.195. The van der Waals surface area contributed by atoms with Crippen LogP contribution in [-0.4, -0.2) is 19.5 Å². The molecule has 0 spiro atoms. The molecule has 0 N–H and O–H groups in total. The van der Waals surface area contributed by atoms with Gasteiger partial charge in [0.25, 0.3) is 0 Å². The number of nitrogens with zero attached hydrogens (tertiary/aromatic N) is 4. The van der Waals surface area contributed by atoms with Gasteiger partial charge in [-0.05, 0) is 53.9 Å². The zero-order valence-electron chi connectivity index (χ0n) is 26.0. The monoisotopic (exact) mass is 628 g/mol. The van der Waals surface area contributed by atoms with Gasteiger partial charge in [0.05, 0.1) is 11.0 Å². The number of hydrogen-bond donors (Lipinski definition) is 0. The minimum Gasteiger partial charge on any atom is -0.456 e. The lowest BCUT2D eigenvalue weighted by molar-refractivity contribution is 0.669. The Hall–Kier alpha value is -6.79. The van der Waals surface area contributed by atoms with E-state index >= 15 is 0 Å². The van der Waals surface area contributed by atoms with Crippen LogP contribution in [0.1, 0.15) is 0 Å². The third-order valence-corrected chi connectivity index (χ3v) is 9.66. The van der Waals surface area contributed by atoms with Gasteiger partial charge in [-0.2, -0.15) is 9.97 Å². The van der Waals surface area contributed by atoms with E-state index in [2.05, 4.69) is 102 Å². The Labute approximate surface area is 278 Å². The second-order valence-corrected chi connectivity index (χ2v) is 12.4.